The highest BCUT2D eigenvalue weighted by atomic mass is 16.5. The Balaban J connectivity index is 2.20. The molecular weight excluding hydrogens is 238 g/mol. The Morgan fingerprint density at radius 3 is 2.72 bits per heavy atom. The summed E-state index contributed by atoms with van der Waals surface area (Å²) in [6, 6.07) is -0.348. The van der Waals surface area contributed by atoms with Gasteiger partial charge >= 0.3 is 12.0 Å². The van der Waals surface area contributed by atoms with E-state index >= 15 is 0 Å². The number of carbonyl (C=O) groups is 3. The number of nitrogens with zero attached hydrogens (tertiary/aromatic N) is 2. The van der Waals surface area contributed by atoms with Crippen LogP contribution in [-0.4, -0.2) is 67.5 Å². The van der Waals surface area contributed by atoms with Gasteiger partial charge in [-0.15, -0.1) is 0 Å². The second kappa shape index (κ2) is 6.95. The first kappa shape index (κ1) is 14.4. The van der Waals surface area contributed by atoms with Crippen LogP contribution in [-0.2, 0) is 14.3 Å². The second-order valence-electron chi connectivity index (χ2n) is 4.06. The number of esters is 1. The van der Waals surface area contributed by atoms with Gasteiger partial charge in [0.25, 0.3) is 0 Å². The number of urea groups is 1. The van der Waals surface area contributed by atoms with E-state index in [1.54, 1.807) is 6.92 Å². The van der Waals surface area contributed by atoms with Gasteiger partial charge in [0.05, 0.1) is 19.6 Å². The molecule has 3 amide bonds. The molecule has 0 aliphatic carbocycles. The Labute approximate surface area is 106 Å². The van der Waals surface area contributed by atoms with Gasteiger partial charge in [0.2, 0.25) is 5.91 Å². The third kappa shape index (κ3) is 4.33. The van der Waals surface area contributed by atoms with E-state index in [0.717, 1.165) is 0 Å². The largest absolute Gasteiger partial charge is 0.466 e. The van der Waals surface area contributed by atoms with E-state index in [2.05, 4.69) is 5.32 Å². The molecule has 0 radical (unpaired) electrons. The quantitative estimate of drug-likeness (QED) is 0.488. The summed E-state index contributed by atoms with van der Waals surface area (Å²) in [7, 11) is 1.83. The minimum atomic E-state index is -0.348. The number of carbonyl (C=O) groups excluding carboxylic acids is 3. The molecule has 0 aromatic heterocycles. The third-order valence-electron chi connectivity index (χ3n) is 2.65. The van der Waals surface area contributed by atoms with Crippen molar-refractivity contribution in [2.24, 2.45) is 0 Å². The van der Waals surface area contributed by atoms with Crippen LogP contribution < -0.4 is 5.32 Å². The predicted octanol–water partition coefficient (Wildman–Crippen LogP) is -0.577. The lowest BCUT2D eigenvalue weighted by Gasteiger charge is -2.19. The standard InChI is InChI=1S/C11H19N3O4/c1-3-18-10(16)4-5-13(2)6-7-14-9(15)8-12-11(14)17/h3-8H2,1-2H3,(H,12,17). The fraction of sp³-hybridized carbons (Fsp3) is 0.727. The molecule has 0 aromatic carbocycles. The summed E-state index contributed by atoms with van der Waals surface area (Å²) in [5.41, 5.74) is 0. The van der Waals surface area contributed by atoms with Crippen LogP contribution in [0.15, 0.2) is 0 Å². The Hall–Kier alpha value is -1.63. The van der Waals surface area contributed by atoms with E-state index in [1.165, 1.54) is 4.90 Å². The van der Waals surface area contributed by atoms with Crippen molar-refractivity contribution in [1.82, 2.24) is 15.1 Å². The summed E-state index contributed by atoms with van der Waals surface area (Å²) in [5.74, 6) is -0.446. The molecular formula is C11H19N3O4. The predicted molar refractivity (Wildman–Crippen MR) is 63.9 cm³/mol. The zero-order valence-electron chi connectivity index (χ0n) is 10.8. The minimum Gasteiger partial charge on any atom is -0.466 e. The molecule has 0 saturated carbocycles. The van der Waals surface area contributed by atoms with E-state index in [1.807, 2.05) is 11.9 Å². The maximum atomic E-state index is 11.3. The normalized spacial score (nSPS) is 15.2. The average molecular weight is 257 g/mol. The SMILES string of the molecule is CCOC(=O)CCN(C)CCN1C(=O)CNC1=O. The van der Waals surface area contributed by atoms with Gasteiger partial charge < -0.3 is 15.0 Å². The van der Waals surface area contributed by atoms with Gasteiger partial charge in [0, 0.05) is 19.6 Å². The molecule has 1 rings (SSSR count). The van der Waals surface area contributed by atoms with Crippen molar-refractivity contribution in [1.29, 1.82) is 0 Å². The number of hydrogen-bond donors (Lipinski definition) is 1. The fourth-order valence-electron chi connectivity index (χ4n) is 1.58. The molecule has 18 heavy (non-hydrogen) atoms. The summed E-state index contributed by atoms with van der Waals surface area (Å²) in [6.45, 7) is 3.64. The molecule has 1 aliphatic rings. The number of likely N-dealkylation sites (N-methyl/N-ethyl adjacent to an activating group) is 1. The number of rotatable bonds is 7. The van der Waals surface area contributed by atoms with E-state index in [0.29, 0.717) is 32.7 Å². The molecule has 102 valence electrons. The smallest absolute Gasteiger partial charge is 0.324 e. The Morgan fingerprint density at radius 1 is 1.44 bits per heavy atom. The minimum absolute atomic E-state index is 0.0748. The van der Waals surface area contributed by atoms with Crippen LogP contribution in [0.2, 0.25) is 0 Å². The van der Waals surface area contributed by atoms with Gasteiger partial charge in [-0.1, -0.05) is 0 Å². The lowest BCUT2D eigenvalue weighted by atomic mass is 10.4. The maximum absolute atomic E-state index is 11.3. The molecule has 0 spiro atoms. The summed E-state index contributed by atoms with van der Waals surface area (Å²) in [6.07, 6.45) is 0.310. The number of amides is 3. The Bertz CT molecular complexity index is 316. The van der Waals surface area contributed by atoms with Gasteiger partial charge in [0.1, 0.15) is 0 Å². The molecule has 0 unspecified atom stereocenters. The van der Waals surface area contributed by atoms with E-state index in [4.69, 9.17) is 4.74 Å². The molecule has 7 nitrogen and oxygen atoms in total. The fourth-order valence-corrected chi connectivity index (χ4v) is 1.58. The number of imide groups is 1. The molecule has 1 saturated heterocycles. The van der Waals surface area contributed by atoms with Crippen LogP contribution in [0.4, 0.5) is 4.79 Å². The van der Waals surface area contributed by atoms with Gasteiger partial charge in [-0.2, -0.15) is 0 Å². The first-order valence-electron chi connectivity index (χ1n) is 5.97. The molecule has 1 fully saturated rings. The van der Waals surface area contributed by atoms with Crippen molar-refractivity contribution in [3.05, 3.63) is 0 Å². The third-order valence-corrected chi connectivity index (χ3v) is 2.65. The van der Waals surface area contributed by atoms with Crippen molar-refractivity contribution >= 4 is 17.9 Å². The van der Waals surface area contributed by atoms with E-state index in [9.17, 15) is 14.4 Å². The van der Waals surface area contributed by atoms with Gasteiger partial charge in [-0.3, -0.25) is 14.5 Å². The van der Waals surface area contributed by atoms with Gasteiger partial charge in [-0.25, -0.2) is 4.79 Å². The van der Waals surface area contributed by atoms with Crippen molar-refractivity contribution in [3.63, 3.8) is 0 Å². The molecule has 7 heteroatoms. The molecule has 1 N–H and O–H groups in total. The lowest BCUT2D eigenvalue weighted by molar-refractivity contribution is -0.143. The molecule has 0 atom stereocenters. The van der Waals surface area contributed by atoms with Crippen molar-refractivity contribution in [2.45, 2.75) is 13.3 Å². The maximum Gasteiger partial charge on any atom is 0.324 e. The zero-order valence-corrected chi connectivity index (χ0v) is 10.8. The highest BCUT2D eigenvalue weighted by Gasteiger charge is 2.27. The van der Waals surface area contributed by atoms with Crippen LogP contribution in [0.25, 0.3) is 0 Å². The highest BCUT2D eigenvalue weighted by Crippen LogP contribution is 1.99. The van der Waals surface area contributed by atoms with Crippen LogP contribution in [0.3, 0.4) is 0 Å². The lowest BCUT2D eigenvalue weighted by Crippen LogP contribution is -2.38. The van der Waals surface area contributed by atoms with Crippen molar-refractivity contribution < 1.29 is 19.1 Å². The number of ether oxygens (including phenoxy) is 1. The first-order chi connectivity index (χ1) is 8.54. The van der Waals surface area contributed by atoms with Crippen LogP contribution in [0, 0.1) is 0 Å². The first-order valence-corrected chi connectivity index (χ1v) is 5.97. The van der Waals surface area contributed by atoms with Crippen molar-refractivity contribution in [2.75, 3.05) is 39.8 Å². The zero-order chi connectivity index (χ0) is 13.5. The summed E-state index contributed by atoms with van der Waals surface area (Å²) < 4.78 is 4.81. The average Bonchev–Trinajstić information content (AvgIpc) is 2.64. The van der Waals surface area contributed by atoms with Crippen LogP contribution in [0.1, 0.15) is 13.3 Å². The van der Waals surface area contributed by atoms with Crippen molar-refractivity contribution in [3.8, 4) is 0 Å². The topological polar surface area (TPSA) is 79.0 Å². The molecule has 0 bridgehead atoms. The summed E-state index contributed by atoms with van der Waals surface area (Å²) in [5, 5.41) is 2.45. The molecule has 0 aromatic rings. The number of nitrogens with one attached hydrogen (secondary N) is 1. The summed E-state index contributed by atoms with van der Waals surface area (Å²) >= 11 is 0. The van der Waals surface area contributed by atoms with Crippen LogP contribution >= 0.6 is 0 Å². The number of hydrogen-bond acceptors (Lipinski definition) is 5. The van der Waals surface area contributed by atoms with E-state index < -0.39 is 0 Å². The van der Waals surface area contributed by atoms with Gasteiger partial charge in [-0.05, 0) is 14.0 Å². The van der Waals surface area contributed by atoms with E-state index in [-0.39, 0.29) is 24.5 Å². The summed E-state index contributed by atoms with van der Waals surface area (Å²) in [4.78, 5) is 36.7. The monoisotopic (exact) mass is 257 g/mol. The second-order valence-corrected chi connectivity index (χ2v) is 4.06. The van der Waals surface area contributed by atoms with Gasteiger partial charge in [0.15, 0.2) is 0 Å². The molecule has 1 aliphatic heterocycles. The Morgan fingerprint density at radius 2 is 2.17 bits per heavy atom. The molecule has 1 heterocycles. The van der Waals surface area contributed by atoms with Crippen LogP contribution in [0.5, 0.6) is 0 Å². The Kier molecular flexibility index (Phi) is 5.57. The highest BCUT2D eigenvalue weighted by molar-refractivity contribution is 6.01.